The molecule has 19 heavy (non-hydrogen) atoms. The standard InChI is InChI=1S/C18H28N/c1-6-16-19(7-2,8-3)18(4,5)15-14-17-12-10-9-11-13-17/h9-13H,6-8,16H2,1-5H3/q+1. The van der Waals surface area contributed by atoms with Gasteiger partial charge in [0, 0.05) is 19.4 Å². The third-order valence-corrected chi connectivity index (χ3v) is 4.33. The second-order valence-electron chi connectivity index (χ2n) is 5.68. The predicted molar refractivity (Wildman–Crippen MR) is 83.9 cm³/mol. The highest BCUT2D eigenvalue weighted by Gasteiger charge is 2.39. The number of hydrogen-bond acceptors (Lipinski definition) is 0. The Morgan fingerprint density at radius 1 is 1.00 bits per heavy atom. The molecule has 0 radical (unpaired) electrons. The monoisotopic (exact) mass is 258 g/mol. The Labute approximate surface area is 119 Å². The molecule has 104 valence electrons. The molecule has 0 N–H and O–H groups in total. The Hall–Kier alpha value is -1.26. The fourth-order valence-corrected chi connectivity index (χ4v) is 2.90. The van der Waals surface area contributed by atoms with Gasteiger partial charge in [0.2, 0.25) is 0 Å². The molecule has 0 aliphatic carbocycles. The van der Waals surface area contributed by atoms with Crippen molar-refractivity contribution >= 4 is 0 Å². The first-order valence-electron chi connectivity index (χ1n) is 7.45. The average Bonchev–Trinajstić information content (AvgIpc) is 2.43. The highest BCUT2D eigenvalue weighted by Crippen LogP contribution is 2.25. The van der Waals surface area contributed by atoms with Gasteiger partial charge in [0.25, 0.3) is 0 Å². The van der Waals surface area contributed by atoms with Crippen LogP contribution in [0.5, 0.6) is 0 Å². The van der Waals surface area contributed by atoms with Gasteiger partial charge >= 0.3 is 0 Å². The first kappa shape index (κ1) is 15.8. The van der Waals surface area contributed by atoms with E-state index in [0.29, 0.717) is 0 Å². The lowest BCUT2D eigenvalue weighted by Gasteiger charge is -2.46. The van der Waals surface area contributed by atoms with Crippen LogP contribution in [-0.4, -0.2) is 29.7 Å². The van der Waals surface area contributed by atoms with Crippen LogP contribution in [0.25, 0.3) is 0 Å². The number of rotatable bonds is 5. The first-order valence-corrected chi connectivity index (χ1v) is 7.45. The molecule has 0 heterocycles. The molecule has 1 aromatic carbocycles. The normalized spacial score (nSPS) is 11.8. The van der Waals surface area contributed by atoms with Crippen LogP contribution in [0.2, 0.25) is 0 Å². The summed E-state index contributed by atoms with van der Waals surface area (Å²) < 4.78 is 1.07. The molecule has 1 rings (SSSR count). The van der Waals surface area contributed by atoms with E-state index in [4.69, 9.17) is 0 Å². The van der Waals surface area contributed by atoms with Crippen molar-refractivity contribution in [3.05, 3.63) is 35.9 Å². The van der Waals surface area contributed by atoms with Gasteiger partial charge in [-0.3, -0.25) is 0 Å². The minimum atomic E-state index is -0.00461. The zero-order chi connectivity index (χ0) is 14.4. The van der Waals surface area contributed by atoms with E-state index >= 15 is 0 Å². The van der Waals surface area contributed by atoms with Crippen molar-refractivity contribution < 1.29 is 4.48 Å². The maximum absolute atomic E-state index is 3.53. The summed E-state index contributed by atoms with van der Waals surface area (Å²) in [7, 11) is 0. The topological polar surface area (TPSA) is 0 Å². The molecule has 0 saturated carbocycles. The number of hydrogen-bond donors (Lipinski definition) is 0. The average molecular weight is 258 g/mol. The fraction of sp³-hybridized carbons (Fsp3) is 0.556. The smallest absolute Gasteiger partial charge is 0.155 e. The highest BCUT2D eigenvalue weighted by atomic mass is 15.4. The van der Waals surface area contributed by atoms with Gasteiger partial charge in [-0.1, -0.05) is 31.0 Å². The van der Waals surface area contributed by atoms with Crippen molar-refractivity contribution in [2.75, 3.05) is 19.6 Å². The van der Waals surface area contributed by atoms with Gasteiger partial charge in [-0.2, -0.15) is 0 Å². The highest BCUT2D eigenvalue weighted by molar-refractivity contribution is 5.35. The molecule has 1 aromatic rings. The molecule has 0 unspecified atom stereocenters. The van der Waals surface area contributed by atoms with Gasteiger partial charge in [0.15, 0.2) is 5.54 Å². The van der Waals surface area contributed by atoms with Crippen LogP contribution in [0, 0.1) is 11.8 Å². The molecule has 0 aliphatic heterocycles. The van der Waals surface area contributed by atoms with Crippen LogP contribution < -0.4 is 0 Å². The zero-order valence-electron chi connectivity index (χ0n) is 13.2. The Balaban J connectivity index is 3.05. The maximum atomic E-state index is 3.53. The summed E-state index contributed by atoms with van der Waals surface area (Å²) in [5.41, 5.74) is 1.10. The maximum Gasteiger partial charge on any atom is 0.155 e. The van der Waals surface area contributed by atoms with E-state index in [9.17, 15) is 0 Å². The summed E-state index contributed by atoms with van der Waals surface area (Å²) in [6, 6.07) is 10.3. The van der Waals surface area contributed by atoms with Gasteiger partial charge in [-0.05, 0) is 38.3 Å². The van der Waals surface area contributed by atoms with Gasteiger partial charge in [-0.15, -0.1) is 0 Å². The van der Waals surface area contributed by atoms with Gasteiger partial charge in [0.1, 0.15) is 0 Å². The lowest BCUT2D eigenvalue weighted by atomic mass is 9.97. The van der Waals surface area contributed by atoms with Crippen LogP contribution >= 0.6 is 0 Å². The Kier molecular flexibility index (Phi) is 5.63. The van der Waals surface area contributed by atoms with Gasteiger partial charge in [-0.25, -0.2) is 0 Å². The third kappa shape index (κ3) is 3.61. The van der Waals surface area contributed by atoms with Crippen molar-refractivity contribution in [1.29, 1.82) is 0 Å². The van der Waals surface area contributed by atoms with E-state index in [1.165, 1.54) is 13.0 Å². The summed E-state index contributed by atoms with van der Waals surface area (Å²) in [4.78, 5) is 0. The van der Waals surface area contributed by atoms with Crippen molar-refractivity contribution in [2.24, 2.45) is 0 Å². The lowest BCUT2D eigenvalue weighted by Crippen LogP contribution is -2.61. The summed E-state index contributed by atoms with van der Waals surface area (Å²) >= 11 is 0. The molecule has 0 bridgehead atoms. The first-order chi connectivity index (χ1) is 9.01. The van der Waals surface area contributed by atoms with Gasteiger partial charge in [0.05, 0.1) is 19.6 Å². The fourth-order valence-electron chi connectivity index (χ4n) is 2.90. The minimum absolute atomic E-state index is 0.00461. The molecule has 0 aromatic heterocycles. The SMILES string of the molecule is CCC[N+](CC)(CC)C(C)(C)C#Cc1ccccc1. The van der Waals surface area contributed by atoms with E-state index < -0.39 is 0 Å². The Morgan fingerprint density at radius 2 is 1.58 bits per heavy atom. The van der Waals surface area contributed by atoms with E-state index in [-0.39, 0.29) is 5.54 Å². The van der Waals surface area contributed by atoms with Crippen LogP contribution in [-0.2, 0) is 0 Å². The summed E-state index contributed by atoms with van der Waals surface area (Å²) in [6.45, 7) is 14.9. The van der Waals surface area contributed by atoms with Crippen LogP contribution in [0.15, 0.2) is 30.3 Å². The molecule has 0 aliphatic rings. The van der Waals surface area contributed by atoms with Crippen molar-refractivity contribution in [3.63, 3.8) is 0 Å². The van der Waals surface area contributed by atoms with Crippen LogP contribution in [0.1, 0.15) is 46.6 Å². The lowest BCUT2D eigenvalue weighted by molar-refractivity contribution is -0.961. The summed E-state index contributed by atoms with van der Waals surface area (Å²) in [5.74, 6) is 6.88. The van der Waals surface area contributed by atoms with Crippen molar-refractivity contribution in [2.45, 2.75) is 46.6 Å². The largest absolute Gasteiger partial charge is 0.310 e. The molecular weight excluding hydrogens is 230 g/mol. The molecule has 0 atom stereocenters. The van der Waals surface area contributed by atoms with Gasteiger partial charge < -0.3 is 4.48 Å². The zero-order valence-corrected chi connectivity index (χ0v) is 13.2. The Morgan fingerprint density at radius 3 is 2.05 bits per heavy atom. The van der Waals surface area contributed by atoms with E-state index in [1.54, 1.807) is 0 Å². The molecule has 1 heteroatoms. The molecule has 0 amide bonds. The summed E-state index contributed by atoms with van der Waals surface area (Å²) in [6.07, 6.45) is 1.21. The molecular formula is C18H28N+. The third-order valence-electron chi connectivity index (χ3n) is 4.33. The van der Waals surface area contributed by atoms with E-state index in [1.807, 2.05) is 18.2 Å². The van der Waals surface area contributed by atoms with Crippen molar-refractivity contribution in [1.82, 2.24) is 0 Å². The van der Waals surface area contributed by atoms with Crippen molar-refractivity contribution in [3.8, 4) is 11.8 Å². The Bertz CT molecular complexity index is 430. The predicted octanol–water partition coefficient (Wildman–Crippen LogP) is 4.08. The molecule has 0 spiro atoms. The van der Waals surface area contributed by atoms with E-state index in [0.717, 1.165) is 23.1 Å². The summed E-state index contributed by atoms with van der Waals surface area (Å²) in [5, 5.41) is 0. The minimum Gasteiger partial charge on any atom is -0.310 e. The molecule has 1 nitrogen and oxygen atoms in total. The number of quaternary nitrogens is 1. The van der Waals surface area contributed by atoms with E-state index in [2.05, 4.69) is 58.6 Å². The van der Waals surface area contributed by atoms with Crippen LogP contribution in [0.3, 0.4) is 0 Å². The molecule has 0 saturated heterocycles. The number of benzene rings is 1. The second-order valence-corrected chi connectivity index (χ2v) is 5.68. The molecule has 0 fully saturated rings. The second kappa shape index (κ2) is 6.78. The van der Waals surface area contributed by atoms with Crippen LogP contribution in [0.4, 0.5) is 0 Å². The number of nitrogens with zero attached hydrogens (tertiary/aromatic N) is 1. The quantitative estimate of drug-likeness (QED) is 0.551.